The molecule has 2 heterocycles. The van der Waals surface area contributed by atoms with Crippen molar-refractivity contribution >= 4 is 38.9 Å². The van der Waals surface area contributed by atoms with Crippen molar-refractivity contribution in [2.24, 2.45) is 5.92 Å². The lowest BCUT2D eigenvalue weighted by Crippen LogP contribution is -2.39. The number of rotatable bonds is 2. The Bertz CT molecular complexity index is 824. The van der Waals surface area contributed by atoms with E-state index in [0.29, 0.717) is 12.2 Å². The second-order valence-corrected chi connectivity index (χ2v) is 8.05. The van der Waals surface area contributed by atoms with Crippen LogP contribution in [0.4, 0.5) is 5.69 Å². The molecule has 1 aliphatic rings. The van der Waals surface area contributed by atoms with Crippen molar-refractivity contribution in [2.45, 2.75) is 18.2 Å². The lowest BCUT2D eigenvalue weighted by molar-refractivity contribution is 0.544. The van der Waals surface area contributed by atoms with Gasteiger partial charge in [0.25, 0.3) is 10.0 Å². The van der Waals surface area contributed by atoms with Gasteiger partial charge < -0.3 is 0 Å². The highest BCUT2D eigenvalue weighted by atomic mass is 35.5. The first-order valence-corrected chi connectivity index (χ1v) is 9.01. The number of nitrogens with zero attached hydrogens (tertiary/aromatic N) is 2. The van der Waals surface area contributed by atoms with Crippen LogP contribution in [-0.4, -0.2) is 19.9 Å². The summed E-state index contributed by atoms with van der Waals surface area (Å²) in [5.41, 5.74) is 1.74. The second kappa shape index (κ2) is 5.72. The molecule has 1 aliphatic heterocycles. The maximum atomic E-state index is 12.9. The van der Waals surface area contributed by atoms with Crippen molar-refractivity contribution < 1.29 is 8.42 Å². The summed E-state index contributed by atoms with van der Waals surface area (Å²) in [6, 6.07) is 8.88. The molecule has 0 spiro atoms. The molecule has 0 fully saturated rings. The number of aromatic nitrogens is 1. The third-order valence-electron chi connectivity index (χ3n) is 3.67. The number of halogens is 2. The van der Waals surface area contributed by atoms with Crippen LogP contribution in [0.15, 0.2) is 41.4 Å². The summed E-state index contributed by atoms with van der Waals surface area (Å²) >= 11 is 11.7. The van der Waals surface area contributed by atoms with Crippen LogP contribution in [0.2, 0.25) is 10.2 Å². The molecule has 0 N–H and O–H groups in total. The molecule has 0 saturated carbocycles. The average molecular weight is 357 g/mol. The highest BCUT2D eigenvalue weighted by Gasteiger charge is 2.32. The van der Waals surface area contributed by atoms with Crippen molar-refractivity contribution in [3.63, 3.8) is 0 Å². The number of sulfonamides is 1. The van der Waals surface area contributed by atoms with Crippen molar-refractivity contribution in [1.82, 2.24) is 4.98 Å². The lowest BCUT2D eigenvalue weighted by Gasteiger charge is -2.33. The Balaban J connectivity index is 2.11. The fourth-order valence-corrected chi connectivity index (χ4v) is 4.58. The molecule has 116 valence electrons. The van der Waals surface area contributed by atoms with Crippen LogP contribution in [0.1, 0.15) is 12.5 Å². The summed E-state index contributed by atoms with van der Waals surface area (Å²) in [5, 5.41) is 0.217. The van der Waals surface area contributed by atoms with Gasteiger partial charge in [0.2, 0.25) is 0 Å². The zero-order valence-electron chi connectivity index (χ0n) is 11.8. The Hall–Kier alpha value is -1.30. The summed E-state index contributed by atoms with van der Waals surface area (Å²) in [4.78, 5) is 3.89. The predicted molar refractivity (Wildman–Crippen MR) is 88.1 cm³/mol. The molecule has 7 heteroatoms. The summed E-state index contributed by atoms with van der Waals surface area (Å²) in [6.45, 7) is 2.46. The largest absolute Gasteiger partial charge is 0.266 e. The van der Waals surface area contributed by atoms with Gasteiger partial charge in [-0.05, 0) is 30.0 Å². The number of pyridine rings is 1. The minimum absolute atomic E-state index is 0.0470. The number of hydrogen-bond acceptors (Lipinski definition) is 3. The van der Waals surface area contributed by atoms with Gasteiger partial charge in [-0.1, -0.05) is 48.3 Å². The Morgan fingerprint density at radius 2 is 2.00 bits per heavy atom. The number of hydrogen-bond donors (Lipinski definition) is 0. The van der Waals surface area contributed by atoms with Crippen LogP contribution in [0, 0.1) is 5.92 Å². The van der Waals surface area contributed by atoms with E-state index in [4.69, 9.17) is 23.2 Å². The fraction of sp³-hybridized carbons (Fsp3) is 0.267. The van der Waals surface area contributed by atoms with Gasteiger partial charge in [-0.2, -0.15) is 0 Å². The van der Waals surface area contributed by atoms with E-state index in [-0.39, 0.29) is 21.0 Å². The number of fused-ring (bicyclic) bond motifs is 1. The molecule has 3 rings (SSSR count). The predicted octanol–water partition coefficient (Wildman–Crippen LogP) is 3.78. The van der Waals surface area contributed by atoms with Crippen LogP contribution in [0.3, 0.4) is 0 Å². The number of anilines is 1. The fourth-order valence-electron chi connectivity index (χ4n) is 2.65. The van der Waals surface area contributed by atoms with Gasteiger partial charge in [0.15, 0.2) is 0 Å². The molecule has 22 heavy (non-hydrogen) atoms. The molecule has 4 nitrogen and oxygen atoms in total. The summed E-state index contributed by atoms with van der Waals surface area (Å²) < 4.78 is 27.3. The quantitative estimate of drug-likeness (QED) is 0.769. The molecule has 0 radical (unpaired) electrons. The first-order chi connectivity index (χ1) is 10.4. The number of benzene rings is 1. The normalized spacial score (nSPS) is 18.1. The third kappa shape index (κ3) is 2.69. The standard InChI is InChI=1S/C15H14Cl2N2O2S/c1-10-6-11-4-2-3-5-14(11)19(9-10)22(20,21)12-7-13(16)15(17)18-8-12/h2-5,7-8,10H,6,9H2,1H3. The second-order valence-electron chi connectivity index (χ2n) is 5.42. The molecule has 0 saturated heterocycles. The minimum Gasteiger partial charge on any atom is -0.266 e. The third-order valence-corrected chi connectivity index (χ3v) is 6.10. The van der Waals surface area contributed by atoms with Gasteiger partial charge in [0.05, 0.1) is 10.7 Å². The maximum Gasteiger partial charge on any atom is 0.265 e. The Kier molecular flexibility index (Phi) is 4.05. The molecular formula is C15H14Cl2N2O2S. The lowest BCUT2D eigenvalue weighted by atomic mass is 9.96. The van der Waals surface area contributed by atoms with Crippen molar-refractivity contribution in [3.8, 4) is 0 Å². The van der Waals surface area contributed by atoms with E-state index in [1.165, 1.54) is 16.6 Å². The van der Waals surface area contributed by atoms with Crippen molar-refractivity contribution in [2.75, 3.05) is 10.8 Å². The number of para-hydroxylation sites is 1. The molecular weight excluding hydrogens is 343 g/mol. The molecule has 1 aromatic carbocycles. The van der Waals surface area contributed by atoms with Crippen LogP contribution in [0.5, 0.6) is 0 Å². The van der Waals surface area contributed by atoms with Crippen LogP contribution < -0.4 is 4.31 Å². The van der Waals surface area contributed by atoms with Crippen molar-refractivity contribution in [3.05, 3.63) is 52.3 Å². The van der Waals surface area contributed by atoms with Gasteiger partial charge in [-0.25, -0.2) is 13.4 Å². The van der Waals surface area contributed by atoms with E-state index in [1.54, 1.807) is 0 Å². The van der Waals surface area contributed by atoms with Crippen LogP contribution in [-0.2, 0) is 16.4 Å². The van der Waals surface area contributed by atoms with Gasteiger partial charge in [-0.15, -0.1) is 0 Å². The van der Waals surface area contributed by atoms with Crippen LogP contribution >= 0.6 is 23.2 Å². The molecule has 1 unspecified atom stereocenters. The highest BCUT2D eigenvalue weighted by Crippen LogP contribution is 2.34. The monoisotopic (exact) mass is 356 g/mol. The maximum absolute atomic E-state index is 12.9. The van der Waals surface area contributed by atoms with E-state index in [2.05, 4.69) is 4.98 Å². The van der Waals surface area contributed by atoms with E-state index < -0.39 is 10.0 Å². The first-order valence-electron chi connectivity index (χ1n) is 6.81. The molecule has 1 aromatic heterocycles. The van der Waals surface area contributed by atoms with E-state index in [0.717, 1.165) is 12.0 Å². The molecule has 0 amide bonds. The van der Waals surface area contributed by atoms with E-state index in [1.807, 2.05) is 31.2 Å². The first kappa shape index (κ1) is 15.6. The van der Waals surface area contributed by atoms with E-state index >= 15 is 0 Å². The zero-order valence-corrected chi connectivity index (χ0v) is 14.2. The topological polar surface area (TPSA) is 50.3 Å². The van der Waals surface area contributed by atoms with Gasteiger partial charge >= 0.3 is 0 Å². The minimum atomic E-state index is -3.72. The molecule has 1 atom stereocenters. The highest BCUT2D eigenvalue weighted by molar-refractivity contribution is 7.92. The smallest absolute Gasteiger partial charge is 0.265 e. The zero-order chi connectivity index (χ0) is 15.9. The van der Waals surface area contributed by atoms with Crippen molar-refractivity contribution in [1.29, 1.82) is 0 Å². The molecule has 0 aliphatic carbocycles. The van der Waals surface area contributed by atoms with Gasteiger partial charge in [-0.3, -0.25) is 4.31 Å². The average Bonchev–Trinajstić information content (AvgIpc) is 2.49. The van der Waals surface area contributed by atoms with E-state index in [9.17, 15) is 8.42 Å². The van der Waals surface area contributed by atoms with Gasteiger partial charge in [0, 0.05) is 12.7 Å². The summed E-state index contributed by atoms with van der Waals surface area (Å²) in [5.74, 6) is 0.236. The summed E-state index contributed by atoms with van der Waals surface area (Å²) in [7, 11) is -3.72. The SMILES string of the molecule is CC1Cc2ccccc2N(S(=O)(=O)c2cnc(Cl)c(Cl)c2)C1. The molecule has 2 aromatic rings. The summed E-state index contributed by atoms with van der Waals surface area (Å²) in [6.07, 6.45) is 2.10. The Morgan fingerprint density at radius 3 is 2.73 bits per heavy atom. The Labute approximate surface area is 139 Å². The Morgan fingerprint density at radius 1 is 1.27 bits per heavy atom. The van der Waals surface area contributed by atoms with Crippen LogP contribution in [0.25, 0.3) is 0 Å². The van der Waals surface area contributed by atoms with Gasteiger partial charge in [0.1, 0.15) is 10.0 Å². The molecule has 0 bridgehead atoms.